The van der Waals surface area contributed by atoms with Crippen molar-refractivity contribution in [3.8, 4) is 5.88 Å². The minimum Gasteiger partial charge on any atom is -0.493 e. The molecule has 3 heterocycles. The second-order valence-electron chi connectivity index (χ2n) is 6.15. The van der Waals surface area contributed by atoms with Crippen LogP contribution in [0.4, 0.5) is 5.69 Å². The monoisotopic (exact) mass is 449 g/mol. The van der Waals surface area contributed by atoms with Crippen molar-refractivity contribution >= 4 is 56.7 Å². The van der Waals surface area contributed by atoms with Gasteiger partial charge in [-0.1, -0.05) is 27.3 Å². The Morgan fingerprint density at radius 3 is 2.93 bits per heavy atom. The zero-order chi connectivity index (χ0) is 19.0. The SMILES string of the molecule is O=C(Cn1c(O)c(C=C2C=Nc3ccc(Br)cc32)sc1=O)N1CCOCC1. The molecule has 0 radical (unpaired) electrons. The van der Waals surface area contributed by atoms with Gasteiger partial charge in [0, 0.05) is 34.9 Å². The molecule has 7 nitrogen and oxygen atoms in total. The van der Waals surface area contributed by atoms with Gasteiger partial charge in [-0.15, -0.1) is 0 Å². The molecule has 1 N–H and O–H groups in total. The highest BCUT2D eigenvalue weighted by Gasteiger charge is 2.22. The second kappa shape index (κ2) is 7.41. The molecule has 1 amide bonds. The first-order valence-corrected chi connectivity index (χ1v) is 9.97. The van der Waals surface area contributed by atoms with Crippen LogP contribution in [-0.2, 0) is 16.1 Å². The number of aliphatic imine (C=N–C) groups is 1. The molecular formula is C18H16BrN3O4S. The molecule has 0 saturated carbocycles. The highest BCUT2D eigenvalue weighted by molar-refractivity contribution is 9.10. The highest BCUT2D eigenvalue weighted by Crippen LogP contribution is 2.36. The van der Waals surface area contributed by atoms with E-state index in [-0.39, 0.29) is 23.2 Å². The highest BCUT2D eigenvalue weighted by atomic mass is 79.9. The molecule has 9 heteroatoms. The normalized spacial score (nSPS) is 17.5. The smallest absolute Gasteiger partial charge is 0.311 e. The van der Waals surface area contributed by atoms with Gasteiger partial charge in [-0.3, -0.25) is 19.1 Å². The van der Waals surface area contributed by atoms with Gasteiger partial charge in [0.1, 0.15) is 6.54 Å². The molecule has 1 saturated heterocycles. The fraction of sp³-hybridized carbons (Fsp3) is 0.278. The molecular weight excluding hydrogens is 434 g/mol. The first-order valence-electron chi connectivity index (χ1n) is 8.37. The lowest BCUT2D eigenvalue weighted by Crippen LogP contribution is -2.43. The van der Waals surface area contributed by atoms with Crippen molar-refractivity contribution in [2.75, 3.05) is 26.3 Å². The Morgan fingerprint density at radius 1 is 1.37 bits per heavy atom. The second-order valence-corrected chi connectivity index (χ2v) is 8.06. The Kier molecular flexibility index (Phi) is 4.98. The van der Waals surface area contributed by atoms with Crippen LogP contribution in [0.2, 0.25) is 0 Å². The maximum Gasteiger partial charge on any atom is 0.311 e. The first kappa shape index (κ1) is 18.1. The van der Waals surface area contributed by atoms with Gasteiger partial charge in [0.05, 0.1) is 23.8 Å². The number of morpholine rings is 1. The van der Waals surface area contributed by atoms with Crippen LogP contribution in [0.3, 0.4) is 0 Å². The van der Waals surface area contributed by atoms with E-state index in [4.69, 9.17) is 4.74 Å². The molecule has 0 atom stereocenters. The maximum absolute atomic E-state index is 12.4. The molecule has 1 aromatic heterocycles. The Labute approximate surface area is 167 Å². The molecule has 2 aromatic rings. The van der Waals surface area contributed by atoms with E-state index in [1.54, 1.807) is 17.2 Å². The average molecular weight is 450 g/mol. The van der Waals surface area contributed by atoms with E-state index in [1.165, 1.54) is 0 Å². The molecule has 2 aliphatic heterocycles. The third-order valence-corrected chi connectivity index (χ3v) is 5.86. The number of rotatable bonds is 3. The number of nitrogens with zero attached hydrogens (tertiary/aromatic N) is 3. The molecule has 27 heavy (non-hydrogen) atoms. The van der Waals surface area contributed by atoms with E-state index < -0.39 is 0 Å². The number of benzene rings is 1. The molecule has 1 fully saturated rings. The fourth-order valence-electron chi connectivity index (χ4n) is 3.01. The largest absolute Gasteiger partial charge is 0.493 e. The van der Waals surface area contributed by atoms with Crippen molar-refractivity contribution in [2.45, 2.75) is 6.54 Å². The van der Waals surface area contributed by atoms with E-state index in [0.717, 1.165) is 37.2 Å². The summed E-state index contributed by atoms with van der Waals surface area (Å²) in [5.41, 5.74) is 2.55. The summed E-state index contributed by atoms with van der Waals surface area (Å²) in [5.74, 6) is -0.402. The average Bonchev–Trinajstić information content (AvgIpc) is 3.18. The maximum atomic E-state index is 12.4. The summed E-state index contributed by atoms with van der Waals surface area (Å²) >= 11 is 4.35. The van der Waals surface area contributed by atoms with E-state index in [0.29, 0.717) is 31.2 Å². The van der Waals surface area contributed by atoms with Crippen molar-refractivity contribution in [1.29, 1.82) is 0 Å². The molecule has 4 rings (SSSR count). The van der Waals surface area contributed by atoms with E-state index in [9.17, 15) is 14.7 Å². The topological polar surface area (TPSA) is 84.1 Å². The number of carbonyl (C=O) groups excluding carboxylic acids is 1. The van der Waals surface area contributed by atoms with Crippen molar-refractivity contribution < 1.29 is 14.6 Å². The number of hydrogen-bond acceptors (Lipinski definition) is 6. The van der Waals surface area contributed by atoms with Crippen LogP contribution >= 0.6 is 27.3 Å². The number of aromatic nitrogens is 1. The van der Waals surface area contributed by atoms with Crippen molar-refractivity contribution in [2.24, 2.45) is 4.99 Å². The Balaban J connectivity index is 1.61. The summed E-state index contributed by atoms with van der Waals surface area (Å²) in [5, 5.41) is 10.5. The number of fused-ring (bicyclic) bond motifs is 1. The number of thiazole rings is 1. The number of amides is 1. The molecule has 2 aliphatic rings. The lowest BCUT2D eigenvalue weighted by Gasteiger charge is -2.26. The zero-order valence-electron chi connectivity index (χ0n) is 14.2. The molecule has 140 valence electrons. The van der Waals surface area contributed by atoms with Crippen LogP contribution in [0.25, 0.3) is 11.6 Å². The molecule has 0 aliphatic carbocycles. The minimum absolute atomic E-state index is 0.180. The Morgan fingerprint density at radius 2 is 2.15 bits per heavy atom. The summed E-state index contributed by atoms with van der Waals surface area (Å²) in [6.45, 7) is 1.79. The number of ether oxygens (including phenoxy) is 1. The lowest BCUT2D eigenvalue weighted by atomic mass is 10.1. The summed E-state index contributed by atoms with van der Waals surface area (Å²) in [6, 6.07) is 5.74. The van der Waals surface area contributed by atoms with Gasteiger partial charge in [-0.05, 0) is 24.3 Å². The van der Waals surface area contributed by atoms with Gasteiger partial charge >= 0.3 is 4.87 Å². The number of allylic oxidation sites excluding steroid dienone is 1. The van der Waals surface area contributed by atoms with Gasteiger partial charge in [0.15, 0.2) is 0 Å². The zero-order valence-corrected chi connectivity index (χ0v) is 16.6. The van der Waals surface area contributed by atoms with Crippen LogP contribution < -0.4 is 4.87 Å². The Bertz CT molecular complexity index is 1020. The predicted molar refractivity (Wildman–Crippen MR) is 108 cm³/mol. The molecule has 0 spiro atoms. The van der Waals surface area contributed by atoms with Gasteiger partial charge in [-0.25, -0.2) is 0 Å². The summed E-state index contributed by atoms with van der Waals surface area (Å²) in [4.78, 5) is 30.7. The lowest BCUT2D eigenvalue weighted by molar-refractivity contribution is -0.136. The third kappa shape index (κ3) is 3.62. The van der Waals surface area contributed by atoms with Gasteiger partial charge in [-0.2, -0.15) is 0 Å². The fourth-order valence-corrected chi connectivity index (χ4v) is 4.21. The van der Waals surface area contributed by atoms with Crippen LogP contribution in [0, 0.1) is 0 Å². The minimum atomic E-state index is -0.370. The van der Waals surface area contributed by atoms with Gasteiger partial charge in [0.25, 0.3) is 0 Å². The van der Waals surface area contributed by atoms with Crippen LogP contribution in [0.5, 0.6) is 5.88 Å². The van der Waals surface area contributed by atoms with Crippen molar-refractivity contribution in [3.63, 3.8) is 0 Å². The summed E-state index contributed by atoms with van der Waals surface area (Å²) in [7, 11) is 0. The summed E-state index contributed by atoms with van der Waals surface area (Å²) < 4.78 is 7.26. The van der Waals surface area contributed by atoms with Crippen LogP contribution in [0.15, 0.2) is 32.5 Å². The molecule has 0 unspecified atom stereocenters. The van der Waals surface area contributed by atoms with Gasteiger partial charge in [0.2, 0.25) is 11.8 Å². The number of carbonyl (C=O) groups is 1. The quantitative estimate of drug-likeness (QED) is 0.779. The molecule has 0 bridgehead atoms. The van der Waals surface area contributed by atoms with Crippen molar-refractivity contribution in [3.05, 3.63) is 42.8 Å². The standard InChI is InChI=1S/C18H16BrN3O4S/c19-12-1-2-14-13(8-12)11(9-20-14)7-15-17(24)22(18(25)27-15)10-16(23)21-3-5-26-6-4-21/h1-2,7-9,24H,3-6,10H2. The van der Waals surface area contributed by atoms with E-state index in [1.807, 2.05) is 18.2 Å². The van der Waals surface area contributed by atoms with Crippen LogP contribution in [-0.4, -0.2) is 53.0 Å². The van der Waals surface area contributed by atoms with Crippen molar-refractivity contribution in [1.82, 2.24) is 9.47 Å². The molecule has 1 aromatic carbocycles. The third-order valence-electron chi connectivity index (χ3n) is 4.45. The Hall–Kier alpha value is -2.23. The van der Waals surface area contributed by atoms with Crippen LogP contribution in [0.1, 0.15) is 10.4 Å². The van der Waals surface area contributed by atoms with E-state index in [2.05, 4.69) is 20.9 Å². The number of hydrogen-bond donors (Lipinski definition) is 1. The predicted octanol–water partition coefficient (Wildman–Crippen LogP) is 2.49. The number of aromatic hydroxyl groups is 1. The van der Waals surface area contributed by atoms with Gasteiger partial charge < -0.3 is 14.7 Å². The van der Waals surface area contributed by atoms with E-state index >= 15 is 0 Å². The first-order chi connectivity index (χ1) is 13.0. The summed E-state index contributed by atoms with van der Waals surface area (Å²) in [6.07, 6.45) is 3.42. The number of halogens is 1.